The van der Waals surface area contributed by atoms with E-state index in [-0.39, 0.29) is 23.9 Å². The minimum absolute atomic E-state index is 0. The average molecular weight is 433 g/mol. The number of carbonyl (C=O) groups excluding carboxylic acids is 1. The standard InChI is InChI=1S/C20H21FN6O2.ClH/c1-3-29-18-7-6-17(25-26-18)27-12(2)15(11-23-27)20(28)24-16-5-4-13-10-22-9-8-14(13)19(16)21;/h4-7,11,22H,3,8-10H2,1-2H3,(H,24,28);1H. The van der Waals surface area contributed by atoms with Crippen LogP contribution in [-0.4, -0.2) is 39.0 Å². The minimum Gasteiger partial charge on any atom is -0.477 e. The van der Waals surface area contributed by atoms with Crippen LogP contribution in [-0.2, 0) is 13.0 Å². The zero-order valence-electron chi connectivity index (χ0n) is 16.6. The molecule has 1 amide bonds. The molecular formula is C20H22ClFN6O2. The highest BCUT2D eigenvalue weighted by Crippen LogP contribution is 2.25. The van der Waals surface area contributed by atoms with E-state index in [0.717, 1.165) is 12.1 Å². The average Bonchev–Trinajstić information content (AvgIpc) is 3.12. The van der Waals surface area contributed by atoms with Crippen LogP contribution in [0, 0.1) is 12.7 Å². The Kier molecular flexibility index (Phi) is 6.63. The van der Waals surface area contributed by atoms with Crippen LogP contribution in [0.4, 0.5) is 10.1 Å². The second-order valence-electron chi connectivity index (χ2n) is 6.66. The van der Waals surface area contributed by atoms with E-state index in [0.29, 0.717) is 48.1 Å². The first-order valence-corrected chi connectivity index (χ1v) is 9.42. The van der Waals surface area contributed by atoms with E-state index in [1.165, 1.54) is 10.9 Å². The van der Waals surface area contributed by atoms with Gasteiger partial charge < -0.3 is 15.4 Å². The maximum Gasteiger partial charge on any atom is 0.259 e. The summed E-state index contributed by atoms with van der Waals surface area (Å²) in [6, 6.07) is 6.82. The normalized spacial score (nSPS) is 12.6. The second kappa shape index (κ2) is 9.19. The van der Waals surface area contributed by atoms with Gasteiger partial charge in [-0.1, -0.05) is 6.07 Å². The van der Waals surface area contributed by atoms with E-state index < -0.39 is 5.91 Å². The lowest BCUT2D eigenvalue weighted by molar-refractivity contribution is 0.102. The van der Waals surface area contributed by atoms with Crippen LogP contribution in [0.25, 0.3) is 5.82 Å². The second-order valence-corrected chi connectivity index (χ2v) is 6.66. The third-order valence-electron chi connectivity index (χ3n) is 4.85. The Morgan fingerprint density at radius 3 is 2.87 bits per heavy atom. The third kappa shape index (κ3) is 4.12. The van der Waals surface area contributed by atoms with Crippen molar-refractivity contribution < 1.29 is 13.9 Å². The maximum atomic E-state index is 14.8. The van der Waals surface area contributed by atoms with Crippen molar-refractivity contribution >= 4 is 24.0 Å². The van der Waals surface area contributed by atoms with Crippen molar-refractivity contribution in [2.45, 2.75) is 26.8 Å². The van der Waals surface area contributed by atoms with Gasteiger partial charge >= 0.3 is 0 Å². The summed E-state index contributed by atoms with van der Waals surface area (Å²) in [5.41, 5.74) is 2.65. The van der Waals surface area contributed by atoms with Crippen LogP contribution in [0.5, 0.6) is 5.88 Å². The summed E-state index contributed by atoms with van der Waals surface area (Å²) < 4.78 is 21.6. The molecule has 0 aliphatic carbocycles. The molecule has 2 aromatic heterocycles. The summed E-state index contributed by atoms with van der Waals surface area (Å²) >= 11 is 0. The van der Waals surface area contributed by atoms with Crippen LogP contribution in [0.3, 0.4) is 0 Å². The Morgan fingerprint density at radius 2 is 2.13 bits per heavy atom. The van der Waals surface area contributed by atoms with Crippen molar-refractivity contribution in [3.63, 3.8) is 0 Å². The fraction of sp³-hybridized carbons (Fsp3) is 0.300. The number of carbonyl (C=O) groups is 1. The molecule has 4 rings (SSSR count). The quantitative estimate of drug-likeness (QED) is 0.644. The van der Waals surface area contributed by atoms with Crippen molar-refractivity contribution in [3.8, 4) is 11.7 Å². The molecule has 0 spiro atoms. The first-order chi connectivity index (χ1) is 14.1. The predicted octanol–water partition coefficient (Wildman–Crippen LogP) is 2.83. The van der Waals surface area contributed by atoms with Gasteiger partial charge in [0.1, 0.15) is 5.82 Å². The van der Waals surface area contributed by atoms with Crippen molar-refractivity contribution in [1.82, 2.24) is 25.3 Å². The number of amides is 1. The molecule has 0 unspecified atom stereocenters. The van der Waals surface area contributed by atoms with Gasteiger partial charge in [-0.25, -0.2) is 9.07 Å². The number of benzene rings is 1. The van der Waals surface area contributed by atoms with Crippen molar-refractivity contribution in [2.24, 2.45) is 0 Å². The lowest BCUT2D eigenvalue weighted by atomic mass is 9.99. The van der Waals surface area contributed by atoms with Crippen molar-refractivity contribution in [2.75, 3.05) is 18.5 Å². The first kappa shape index (κ1) is 21.7. The molecule has 0 saturated heterocycles. The number of aromatic nitrogens is 4. The monoisotopic (exact) mass is 432 g/mol. The SMILES string of the molecule is CCOc1ccc(-n2ncc(C(=O)Nc3ccc4c(c3F)CCNC4)c2C)nn1.Cl. The van der Waals surface area contributed by atoms with Crippen molar-refractivity contribution in [1.29, 1.82) is 0 Å². The van der Waals surface area contributed by atoms with Gasteiger partial charge in [-0.05, 0) is 50.1 Å². The summed E-state index contributed by atoms with van der Waals surface area (Å²) in [5, 5.41) is 18.1. The summed E-state index contributed by atoms with van der Waals surface area (Å²) in [4.78, 5) is 12.7. The van der Waals surface area contributed by atoms with Gasteiger partial charge in [0.2, 0.25) is 5.88 Å². The van der Waals surface area contributed by atoms with Gasteiger partial charge in [-0.2, -0.15) is 5.10 Å². The molecule has 0 saturated carbocycles. The van der Waals surface area contributed by atoms with Crippen LogP contribution < -0.4 is 15.4 Å². The highest BCUT2D eigenvalue weighted by molar-refractivity contribution is 6.05. The molecule has 2 N–H and O–H groups in total. The van der Waals surface area contributed by atoms with Gasteiger partial charge in [-0.3, -0.25) is 4.79 Å². The van der Waals surface area contributed by atoms with Gasteiger partial charge in [0, 0.05) is 12.6 Å². The molecule has 0 radical (unpaired) electrons. The summed E-state index contributed by atoms with van der Waals surface area (Å²) in [6.45, 7) is 5.45. The summed E-state index contributed by atoms with van der Waals surface area (Å²) in [5.74, 6) is 0.0646. The number of hydrogen-bond donors (Lipinski definition) is 2. The van der Waals surface area contributed by atoms with E-state index in [2.05, 4.69) is 25.9 Å². The van der Waals surface area contributed by atoms with Crippen LogP contribution in [0.15, 0.2) is 30.5 Å². The molecule has 8 nitrogen and oxygen atoms in total. The molecule has 158 valence electrons. The fourth-order valence-corrected chi connectivity index (χ4v) is 3.33. The maximum absolute atomic E-state index is 14.8. The molecule has 1 aliphatic rings. The van der Waals surface area contributed by atoms with E-state index in [9.17, 15) is 9.18 Å². The van der Waals surface area contributed by atoms with E-state index in [1.807, 2.05) is 13.0 Å². The molecule has 10 heteroatoms. The number of ether oxygens (including phenoxy) is 1. The minimum atomic E-state index is -0.430. The van der Waals surface area contributed by atoms with Crippen LogP contribution >= 0.6 is 12.4 Å². The zero-order chi connectivity index (χ0) is 20.4. The Bertz CT molecular complexity index is 1050. The highest BCUT2D eigenvalue weighted by Gasteiger charge is 2.20. The molecule has 30 heavy (non-hydrogen) atoms. The molecule has 1 aliphatic heterocycles. The Balaban J connectivity index is 0.00000256. The molecule has 3 aromatic rings. The topological polar surface area (TPSA) is 94.0 Å². The largest absolute Gasteiger partial charge is 0.477 e. The Labute approximate surface area is 179 Å². The molecule has 3 heterocycles. The van der Waals surface area contributed by atoms with Crippen molar-refractivity contribution in [3.05, 3.63) is 58.7 Å². The van der Waals surface area contributed by atoms with Gasteiger partial charge in [0.25, 0.3) is 5.91 Å². The zero-order valence-corrected chi connectivity index (χ0v) is 17.4. The number of fused-ring (bicyclic) bond motifs is 1. The molecule has 0 bridgehead atoms. The number of rotatable bonds is 5. The number of nitrogens with one attached hydrogen (secondary N) is 2. The predicted molar refractivity (Wildman–Crippen MR) is 112 cm³/mol. The van der Waals surface area contributed by atoms with Crippen LogP contribution in [0.2, 0.25) is 0 Å². The summed E-state index contributed by atoms with van der Waals surface area (Å²) in [7, 11) is 0. The van der Waals surface area contributed by atoms with E-state index in [1.54, 1.807) is 25.1 Å². The number of hydrogen-bond acceptors (Lipinski definition) is 6. The van der Waals surface area contributed by atoms with Gasteiger partial charge in [0.15, 0.2) is 5.82 Å². The third-order valence-corrected chi connectivity index (χ3v) is 4.85. The molecule has 0 atom stereocenters. The molecular weight excluding hydrogens is 411 g/mol. The molecule has 0 fully saturated rings. The smallest absolute Gasteiger partial charge is 0.259 e. The lowest BCUT2D eigenvalue weighted by Gasteiger charge is -2.19. The number of nitrogens with zero attached hydrogens (tertiary/aromatic N) is 4. The van der Waals surface area contributed by atoms with E-state index in [4.69, 9.17) is 4.74 Å². The number of anilines is 1. The Hall–Kier alpha value is -3.04. The highest BCUT2D eigenvalue weighted by atomic mass is 35.5. The Morgan fingerprint density at radius 1 is 1.30 bits per heavy atom. The van der Waals surface area contributed by atoms with E-state index >= 15 is 0 Å². The fourth-order valence-electron chi connectivity index (χ4n) is 3.33. The number of halogens is 2. The van der Waals surface area contributed by atoms with Gasteiger partial charge in [-0.15, -0.1) is 22.6 Å². The van der Waals surface area contributed by atoms with Gasteiger partial charge in [0.05, 0.1) is 29.7 Å². The molecule has 1 aromatic carbocycles. The first-order valence-electron chi connectivity index (χ1n) is 9.42. The van der Waals surface area contributed by atoms with Crippen LogP contribution in [0.1, 0.15) is 34.1 Å². The lowest BCUT2D eigenvalue weighted by Crippen LogP contribution is -2.25. The summed E-state index contributed by atoms with van der Waals surface area (Å²) in [6.07, 6.45) is 2.03.